The molecule has 0 saturated carbocycles. The Morgan fingerprint density at radius 3 is 2.12 bits per heavy atom. The van der Waals surface area contributed by atoms with Crippen LogP contribution in [-0.2, 0) is 14.3 Å². The van der Waals surface area contributed by atoms with Crippen LogP contribution in [0, 0.1) is 0 Å². The van der Waals surface area contributed by atoms with Crippen LogP contribution in [-0.4, -0.2) is 38.9 Å². The van der Waals surface area contributed by atoms with Gasteiger partial charge in [0.15, 0.2) is 0 Å². The van der Waals surface area contributed by atoms with E-state index in [4.69, 9.17) is 4.74 Å². The van der Waals surface area contributed by atoms with Gasteiger partial charge in [-0.1, -0.05) is 13.8 Å². The van der Waals surface area contributed by atoms with E-state index in [1.165, 1.54) is 26.4 Å². The summed E-state index contributed by atoms with van der Waals surface area (Å²) in [6.45, 7) is 6.94. The second-order valence-electron chi connectivity index (χ2n) is 3.85. The summed E-state index contributed by atoms with van der Waals surface area (Å²) in [6, 6.07) is -0.0324. The number of ether oxygens (including phenoxy) is 2. The fourth-order valence-electron chi connectivity index (χ4n) is 1.72. The van der Waals surface area contributed by atoms with Crippen molar-refractivity contribution in [3.63, 3.8) is 0 Å². The van der Waals surface area contributed by atoms with Crippen molar-refractivity contribution in [2.24, 2.45) is 0 Å². The molecule has 4 heteroatoms. The Morgan fingerprint density at radius 1 is 1.18 bits per heavy atom. The zero-order valence-electron chi connectivity index (χ0n) is 11.5. The molecule has 1 unspecified atom stereocenters. The maximum Gasteiger partial charge on any atom is 0.322 e. The quantitative estimate of drug-likeness (QED) is 0.719. The highest BCUT2D eigenvalue weighted by Crippen LogP contribution is 2.05. The summed E-state index contributed by atoms with van der Waals surface area (Å²) in [4.78, 5) is 10.7. The fourth-order valence-corrected chi connectivity index (χ4v) is 1.72. The van der Waals surface area contributed by atoms with Crippen molar-refractivity contribution in [2.75, 3.05) is 26.9 Å². The van der Waals surface area contributed by atoms with Gasteiger partial charge in [0.1, 0.15) is 6.04 Å². The van der Waals surface area contributed by atoms with Crippen LogP contribution in [0.3, 0.4) is 0 Å². The Balaban J connectivity index is 0.000000278. The van der Waals surface area contributed by atoms with Crippen LogP contribution < -0.4 is 5.32 Å². The first-order chi connectivity index (χ1) is 8.34. The monoisotopic (exact) mass is 245 g/mol. The third-order valence-corrected chi connectivity index (χ3v) is 2.62. The molecule has 1 atom stereocenters. The molecule has 2 heterocycles. The summed E-state index contributed by atoms with van der Waals surface area (Å²) in [6.07, 6.45) is 5.94. The minimum atomic E-state index is -0.132. The Morgan fingerprint density at radius 2 is 1.82 bits per heavy atom. The molecule has 4 nitrogen and oxygen atoms in total. The van der Waals surface area contributed by atoms with Crippen molar-refractivity contribution in [1.29, 1.82) is 0 Å². The van der Waals surface area contributed by atoms with Crippen molar-refractivity contribution < 1.29 is 14.3 Å². The first-order valence-corrected chi connectivity index (χ1v) is 6.73. The third-order valence-electron chi connectivity index (χ3n) is 2.62. The molecule has 17 heavy (non-hydrogen) atoms. The molecule has 0 aliphatic carbocycles. The smallest absolute Gasteiger partial charge is 0.322 e. The minimum Gasteiger partial charge on any atom is -0.468 e. The molecule has 0 spiro atoms. The maximum absolute atomic E-state index is 10.7. The van der Waals surface area contributed by atoms with E-state index in [2.05, 4.69) is 10.1 Å². The molecule has 1 N–H and O–H groups in total. The van der Waals surface area contributed by atoms with E-state index >= 15 is 0 Å². The number of nitrogens with one attached hydrogen (secondary N) is 1. The second kappa shape index (κ2) is 11.9. The van der Waals surface area contributed by atoms with E-state index in [1.54, 1.807) is 0 Å². The fraction of sp³-hybridized carbons (Fsp3) is 0.923. The van der Waals surface area contributed by atoms with Gasteiger partial charge in [0.25, 0.3) is 0 Å². The number of rotatable bonds is 1. The average Bonchev–Trinajstić information content (AvgIpc) is 2.97. The van der Waals surface area contributed by atoms with E-state index in [1.807, 2.05) is 13.8 Å². The molecule has 2 rings (SSSR count). The lowest BCUT2D eigenvalue weighted by Crippen LogP contribution is -2.31. The lowest BCUT2D eigenvalue weighted by molar-refractivity contribution is -0.142. The Hall–Kier alpha value is -0.610. The molecule has 0 aromatic rings. The van der Waals surface area contributed by atoms with E-state index in [-0.39, 0.29) is 12.0 Å². The van der Waals surface area contributed by atoms with Gasteiger partial charge in [-0.05, 0) is 38.6 Å². The Bertz CT molecular complexity index is 164. The van der Waals surface area contributed by atoms with Gasteiger partial charge >= 0.3 is 5.97 Å². The molecule has 0 aromatic heterocycles. The van der Waals surface area contributed by atoms with E-state index in [9.17, 15) is 4.79 Å². The van der Waals surface area contributed by atoms with Crippen LogP contribution in [0.5, 0.6) is 0 Å². The minimum absolute atomic E-state index is 0.0324. The highest BCUT2D eigenvalue weighted by molar-refractivity contribution is 5.75. The van der Waals surface area contributed by atoms with Crippen molar-refractivity contribution in [2.45, 2.75) is 52.0 Å². The van der Waals surface area contributed by atoms with Gasteiger partial charge in [-0.25, -0.2) is 0 Å². The summed E-state index contributed by atoms with van der Waals surface area (Å²) in [5.74, 6) is -0.132. The first kappa shape index (κ1) is 16.4. The predicted octanol–water partition coefficient (Wildman–Crippen LogP) is 2.12. The molecule has 2 aliphatic rings. The topological polar surface area (TPSA) is 47.6 Å². The summed E-state index contributed by atoms with van der Waals surface area (Å²) < 4.78 is 9.60. The summed E-state index contributed by atoms with van der Waals surface area (Å²) in [5.41, 5.74) is 0. The zero-order valence-corrected chi connectivity index (χ0v) is 11.5. The number of esters is 1. The van der Waals surface area contributed by atoms with Crippen LogP contribution in [0.25, 0.3) is 0 Å². The molecular formula is C13H27NO3. The van der Waals surface area contributed by atoms with Crippen molar-refractivity contribution in [3.8, 4) is 0 Å². The van der Waals surface area contributed by atoms with Gasteiger partial charge in [-0.2, -0.15) is 0 Å². The highest BCUT2D eigenvalue weighted by Gasteiger charge is 2.21. The predicted molar refractivity (Wildman–Crippen MR) is 69.1 cm³/mol. The zero-order chi connectivity index (χ0) is 12.9. The van der Waals surface area contributed by atoms with E-state index < -0.39 is 0 Å². The molecule has 0 radical (unpaired) electrons. The number of methoxy groups -OCH3 is 1. The lowest BCUT2D eigenvalue weighted by atomic mass is 10.2. The Kier molecular flexibility index (Phi) is 11.4. The number of hydrogen-bond donors (Lipinski definition) is 1. The van der Waals surface area contributed by atoms with Crippen molar-refractivity contribution in [1.82, 2.24) is 5.32 Å². The molecule has 2 aliphatic heterocycles. The van der Waals surface area contributed by atoms with Crippen LogP contribution in [0.1, 0.15) is 46.0 Å². The first-order valence-electron chi connectivity index (χ1n) is 6.73. The number of hydrogen-bond acceptors (Lipinski definition) is 4. The highest BCUT2D eigenvalue weighted by atomic mass is 16.5. The van der Waals surface area contributed by atoms with Crippen LogP contribution in [0.4, 0.5) is 0 Å². The SMILES string of the molecule is C1CCOCC1.CC.COC(=O)C1CCCN1. The molecular weight excluding hydrogens is 218 g/mol. The van der Waals surface area contributed by atoms with Gasteiger partial charge in [-0.15, -0.1) is 0 Å². The van der Waals surface area contributed by atoms with Crippen LogP contribution in [0.2, 0.25) is 0 Å². The number of carbonyl (C=O) groups is 1. The molecule has 0 amide bonds. The molecule has 0 aromatic carbocycles. The van der Waals surface area contributed by atoms with E-state index in [0.29, 0.717) is 0 Å². The second-order valence-corrected chi connectivity index (χ2v) is 3.85. The summed E-state index contributed by atoms with van der Waals surface area (Å²) in [7, 11) is 1.42. The molecule has 2 fully saturated rings. The maximum atomic E-state index is 10.7. The van der Waals surface area contributed by atoms with Crippen LogP contribution in [0.15, 0.2) is 0 Å². The van der Waals surface area contributed by atoms with Crippen molar-refractivity contribution in [3.05, 3.63) is 0 Å². The number of carbonyl (C=O) groups excluding carboxylic acids is 1. The largest absolute Gasteiger partial charge is 0.468 e. The van der Waals surface area contributed by atoms with Gasteiger partial charge in [0, 0.05) is 13.2 Å². The standard InChI is InChI=1S/C6H11NO2.C5H10O.C2H6/c1-9-6(8)5-3-2-4-7-5;1-2-4-6-5-3-1;1-2/h5,7H,2-4H2,1H3;1-5H2;1-2H3. The molecule has 2 saturated heterocycles. The average molecular weight is 245 g/mol. The summed E-state index contributed by atoms with van der Waals surface area (Å²) >= 11 is 0. The van der Waals surface area contributed by atoms with Gasteiger partial charge in [0.2, 0.25) is 0 Å². The molecule has 102 valence electrons. The Labute approximate surface area is 105 Å². The van der Waals surface area contributed by atoms with Gasteiger partial charge < -0.3 is 14.8 Å². The lowest BCUT2D eigenvalue weighted by Gasteiger charge is -2.08. The summed E-state index contributed by atoms with van der Waals surface area (Å²) in [5, 5.41) is 3.03. The van der Waals surface area contributed by atoms with Crippen LogP contribution >= 0.6 is 0 Å². The van der Waals surface area contributed by atoms with Crippen molar-refractivity contribution >= 4 is 5.97 Å². The van der Waals surface area contributed by atoms with E-state index in [0.717, 1.165) is 32.6 Å². The van der Waals surface area contributed by atoms with Gasteiger partial charge in [0.05, 0.1) is 7.11 Å². The third kappa shape index (κ3) is 8.16. The normalized spacial score (nSPS) is 22.6. The molecule has 0 bridgehead atoms. The van der Waals surface area contributed by atoms with Gasteiger partial charge in [-0.3, -0.25) is 4.79 Å².